The maximum atomic E-state index is 6.12. The third-order valence-electron chi connectivity index (χ3n) is 3.11. The van der Waals surface area contributed by atoms with E-state index in [1.165, 1.54) is 0 Å². The van der Waals surface area contributed by atoms with Crippen molar-refractivity contribution in [1.82, 2.24) is 15.6 Å². The molecule has 0 saturated heterocycles. The van der Waals surface area contributed by atoms with E-state index < -0.39 is 0 Å². The first kappa shape index (κ1) is 15.4. The molecule has 2 N–H and O–H groups in total. The Kier molecular flexibility index (Phi) is 5.22. The summed E-state index contributed by atoms with van der Waals surface area (Å²) < 4.78 is 5.51. The van der Waals surface area contributed by atoms with Crippen molar-refractivity contribution < 1.29 is 4.42 Å². The Morgan fingerprint density at radius 3 is 2.57 bits per heavy atom. The molecule has 0 saturated carbocycles. The number of aliphatic imine (C=N–C) groups is 1. The minimum absolute atomic E-state index is 0.483. The molecule has 0 spiro atoms. The van der Waals surface area contributed by atoms with Gasteiger partial charge in [-0.1, -0.05) is 29.8 Å². The van der Waals surface area contributed by atoms with Crippen LogP contribution in [0.5, 0.6) is 0 Å². The number of rotatable bonds is 4. The van der Waals surface area contributed by atoms with Crippen LogP contribution in [0.25, 0.3) is 0 Å². The number of benzene rings is 1. The van der Waals surface area contributed by atoms with Gasteiger partial charge in [-0.25, -0.2) is 4.98 Å². The van der Waals surface area contributed by atoms with Crippen molar-refractivity contribution in [2.75, 3.05) is 7.05 Å². The largest absolute Gasteiger partial charge is 0.444 e. The van der Waals surface area contributed by atoms with Crippen molar-refractivity contribution in [2.24, 2.45) is 4.99 Å². The van der Waals surface area contributed by atoms with Gasteiger partial charge in [0, 0.05) is 18.6 Å². The summed E-state index contributed by atoms with van der Waals surface area (Å²) in [7, 11) is 1.72. The lowest BCUT2D eigenvalue weighted by molar-refractivity contribution is 0.463. The highest BCUT2D eigenvalue weighted by Gasteiger charge is 2.06. The normalized spacial score (nSPS) is 11.5. The van der Waals surface area contributed by atoms with Crippen molar-refractivity contribution in [3.05, 3.63) is 52.2 Å². The van der Waals surface area contributed by atoms with Crippen LogP contribution in [0.15, 0.2) is 33.7 Å². The van der Waals surface area contributed by atoms with E-state index in [2.05, 4.69) is 20.6 Å². The van der Waals surface area contributed by atoms with E-state index in [0.29, 0.717) is 24.9 Å². The van der Waals surface area contributed by atoms with Crippen LogP contribution in [0.3, 0.4) is 0 Å². The van der Waals surface area contributed by atoms with Crippen LogP contribution in [0.4, 0.5) is 0 Å². The first-order chi connectivity index (χ1) is 10.1. The summed E-state index contributed by atoms with van der Waals surface area (Å²) in [5, 5.41) is 7.09. The third kappa shape index (κ3) is 4.23. The lowest BCUT2D eigenvalue weighted by Gasteiger charge is -2.11. The van der Waals surface area contributed by atoms with E-state index in [4.69, 9.17) is 16.0 Å². The Morgan fingerprint density at radius 2 is 1.95 bits per heavy atom. The van der Waals surface area contributed by atoms with E-state index in [0.717, 1.165) is 22.0 Å². The number of halogens is 1. The minimum Gasteiger partial charge on any atom is -0.444 e. The number of aryl methyl sites for hydroxylation is 2. The second-order valence-electron chi connectivity index (χ2n) is 4.62. The molecular weight excluding hydrogens is 288 g/mol. The maximum Gasteiger partial charge on any atom is 0.214 e. The van der Waals surface area contributed by atoms with Gasteiger partial charge >= 0.3 is 0 Å². The van der Waals surface area contributed by atoms with Crippen LogP contribution in [-0.4, -0.2) is 18.0 Å². The van der Waals surface area contributed by atoms with E-state index >= 15 is 0 Å². The van der Waals surface area contributed by atoms with Crippen LogP contribution in [0.1, 0.15) is 22.9 Å². The monoisotopic (exact) mass is 306 g/mol. The molecule has 0 aliphatic rings. The fourth-order valence-corrected chi connectivity index (χ4v) is 2.02. The molecule has 0 atom stereocenters. The Bertz CT molecular complexity index is 617. The number of nitrogens with zero attached hydrogens (tertiary/aromatic N) is 2. The van der Waals surface area contributed by atoms with Crippen LogP contribution >= 0.6 is 11.6 Å². The van der Waals surface area contributed by atoms with E-state index in [1.807, 2.05) is 38.1 Å². The van der Waals surface area contributed by atoms with Gasteiger partial charge in [-0.3, -0.25) is 4.99 Å². The number of guanidine groups is 1. The fraction of sp³-hybridized carbons (Fsp3) is 0.333. The molecule has 0 bridgehead atoms. The average molecular weight is 307 g/mol. The molecule has 1 aromatic carbocycles. The van der Waals surface area contributed by atoms with Crippen LogP contribution < -0.4 is 10.6 Å². The minimum atomic E-state index is 0.483. The SMILES string of the molecule is CN=C(NCc1nc(C)c(C)o1)NCc1ccccc1Cl. The van der Waals surface area contributed by atoms with Crippen molar-refractivity contribution in [3.63, 3.8) is 0 Å². The Labute approximate surface area is 129 Å². The lowest BCUT2D eigenvalue weighted by Crippen LogP contribution is -2.36. The summed E-state index contributed by atoms with van der Waals surface area (Å²) in [5.41, 5.74) is 1.93. The molecule has 21 heavy (non-hydrogen) atoms. The molecule has 1 heterocycles. The van der Waals surface area contributed by atoms with Gasteiger partial charge in [-0.05, 0) is 25.5 Å². The van der Waals surface area contributed by atoms with Crippen LogP contribution in [0, 0.1) is 13.8 Å². The summed E-state index contributed by atoms with van der Waals surface area (Å²) in [6, 6.07) is 7.71. The van der Waals surface area contributed by atoms with Gasteiger partial charge in [-0.2, -0.15) is 0 Å². The lowest BCUT2D eigenvalue weighted by atomic mass is 10.2. The topological polar surface area (TPSA) is 62.5 Å². The molecule has 1 aromatic heterocycles. The molecular formula is C15H19ClN4O. The molecule has 2 aromatic rings. The van der Waals surface area contributed by atoms with Gasteiger partial charge in [0.1, 0.15) is 5.76 Å². The first-order valence-corrected chi connectivity index (χ1v) is 7.08. The van der Waals surface area contributed by atoms with E-state index in [9.17, 15) is 0 Å². The van der Waals surface area contributed by atoms with E-state index in [-0.39, 0.29) is 0 Å². The smallest absolute Gasteiger partial charge is 0.214 e. The van der Waals surface area contributed by atoms with Gasteiger partial charge in [0.15, 0.2) is 5.96 Å². The predicted molar refractivity (Wildman–Crippen MR) is 84.5 cm³/mol. The molecule has 0 unspecified atom stereocenters. The zero-order valence-electron chi connectivity index (χ0n) is 12.4. The molecule has 112 valence electrons. The second-order valence-corrected chi connectivity index (χ2v) is 5.03. The Morgan fingerprint density at radius 1 is 1.24 bits per heavy atom. The highest BCUT2D eigenvalue weighted by atomic mass is 35.5. The van der Waals surface area contributed by atoms with Gasteiger partial charge in [-0.15, -0.1) is 0 Å². The summed E-state index contributed by atoms with van der Waals surface area (Å²) in [4.78, 5) is 8.47. The van der Waals surface area contributed by atoms with Crippen molar-refractivity contribution in [2.45, 2.75) is 26.9 Å². The number of hydrogen-bond acceptors (Lipinski definition) is 3. The number of oxazole rings is 1. The fourth-order valence-electron chi connectivity index (χ4n) is 1.82. The average Bonchev–Trinajstić information content (AvgIpc) is 2.79. The van der Waals surface area contributed by atoms with Gasteiger partial charge in [0.2, 0.25) is 5.89 Å². The summed E-state index contributed by atoms with van der Waals surface area (Å²) in [6.45, 7) is 4.91. The maximum absolute atomic E-state index is 6.12. The molecule has 5 nitrogen and oxygen atoms in total. The van der Waals surface area contributed by atoms with Crippen molar-refractivity contribution in [3.8, 4) is 0 Å². The third-order valence-corrected chi connectivity index (χ3v) is 3.48. The standard InChI is InChI=1S/C15H19ClN4O/c1-10-11(2)21-14(20-10)9-19-15(17-3)18-8-12-6-4-5-7-13(12)16/h4-7H,8-9H2,1-3H3,(H2,17,18,19). The van der Waals surface area contributed by atoms with Crippen molar-refractivity contribution >= 4 is 17.6 Å². The number of nitrogens with one attached hydrogen (secondary N) is 2. The first-order valence-electron chi connectivity index (χ1n) is 6.71. The summed E-state index contributed by atoms with van der Waals surface area (Å²) in [5.74, 6) is 2.15. The van der Waals surface area contributed by atoms with Crippen molar-refractivity contribution in [1.29, 1.82) is 0 Å². The summed E-state index contributed by atoms with van der Waals surface area (Å²) in [6.07, 6.45) is 0. The predicted octanol–water partition coefficient (Wildman–Crippen LogP) is 2.81. The van der Waals surface area contributed by atoms with Crippen LogP contribution in [-0.2, 0) is 13.1 Å². The number of aromatic nitrogens is 1. The molecule has 0 aliphatic carbocycles. The van der Waals surface area contributed by atoms with Gasteiger partial charge in [0.05, 0.1) is 12.2 Å². The molecule has 0 radical (unpaired) electrons. The van der Waals surface area contributed by atoms with Crippen LogP contribution in [0.2, 0.25) is 5.02 Å². The molecule has 2 rings (SSSR count). The zero-order valence-corrected chi connectivity index (χ0v) is 13.2. The number of hydrogen-bond donors (Lipinski definition) is 2. The molecule has 0 aliphatic heterocycles. The molecule has 0 amide bonds. The molecule has 0 fully saturated rings. The quantitative estimate of drug-likeness (QED) is 0.673. The summed E-state index contributed by atoms with van der Waals surface area (Å²) >= 11 is 6.12. The van der Waals surface area contributed by atoms with Gasteiger partial charge < -0.3 is 15.1 Å². The zero-order chi connectivity index (χ0) is 15.2. The molecule has 6 heteroatoms. The Hall–Kier alpha value is -2.01. The highest BCUT2D eigenvalue weighted by molar-refractivity contribution is 6.31. The highest BCUT2D eigenvalue weighted by Crippen LogP contribution is 2.14. The van der Waals surface area contributed by atoms with Gasteiger partial charge in [0.25, 0.3) is 0 Å². The second kappa shape index (κ2) is 7.13. The van der Waals surface area contributed by atoms with E-state index in [1.54, 1.807) is 7.05 Å². The Balaban J connectivity index is 1.88.